The molecule has 1 aliphatic rings. The molecule has 5 atom stereocenters. The molecule has 0 aromatic carbocycles. The molecule has 3 heterocycles. The summed E-state index contributed by atoms with van der Waals surface area (Å²) in [5.74, 6) is -0.772. The topological polar surface area (TPSA) is 201 Å². The van der Waals surface area contributed by atoms with Gasteiger partial charge in [-0.1, -0.05) is 0 Å². The van der Waals surface area contributed by atoms with E-state index in [4.69, 9.17) is 19.0 Å². The van der Waals surface area contributed by atoms with Crippen LogP contribution < -0.4 is 4.90 Å². The van der Waals surface area contributed by atoms with Crippen LogP contribution in [0.25, 0.3) is 11.2 Å². The molecule has 14 nitrogen and oxygen atoms in total. The Kier molecular flexibility index (Phi) is 7.16. The van der Waals surface area contributed by atoms with E-state index in [1.807, 2.05) is 18.7 Å². The van der Waals surface area contributed by atoms with E-state index in [2.05, 4.69) is 15.0 Å². The third-order valence-electron chi connectivity index (χ3n) is 4.82. The first-order chi connectivity index (χ1) is 14.5. The van der Waals surface area contributed by atoms with E-state index in [1.54, 1.807) is 0 Å². The van der Waals surface area contributed by atoms with Crippen molar-refractivity contribution in [3.05, 3.63) is 12.7 Å². The molecule has 1 aliphatic heterocycles. The molecule has 0 radical (unpaired) electrons. The Morgan fingerprint density at radius 3 is 2.42 bits per heavy atom. The molecule has 3 rings (SSSR count). The first kappa shape index (κ1) is 24.2. The summed E-state index contributed by atoms with van der Waals surface area (Å²) in [6, 6.07) is 0. The summed E-state index contributed by atoms with van der Waals surface area (Å²) in [5, 5.41) is 20.7. The summed E-state index contributed by atoms with van der Waals surface area (Å²) < 4.78 is 34.5. The van der Waals surface area contributed by atoms with Gasteiger partial charge in [0.1, 0.15) is 24.6 Å². The van der Waals surface area contributed by atoms with E-state index in [9.17, 15) is 24.2 Å². The molecule has 5 N–H and O–H groups in total. The highest BCUT2D eigenvalue weighted by Crippen LogP contribution is 2.55. The maximum Gasteiger partial charge on any atom is 0.340 e. The number of aliphatic hydroxyl groups excluding tert-OH is 2. The van der Waals surface area contributed by atoms with E-state index in [-0.39, 0.29) is 0 Å². The quantitative estimate of drug-likeness (QED) is 0.291. The van der Waals surface area contributed by atoms with Crippen LogP contribution in [0.4, 0.5) is 5.82 Å². The van der Waals surface area contributed by atoms with Gasteiger partial charge >= 0.3 is 15.2 Å². The second kappa shape index (κ2) is 9.18. The minimum absolute atomic E-state index is 0.351. The number of rotatable bonds is 9. The number of nitrogens with zero attached hydrogens (tertiary/aromatic N) is 5. The minimum atomic E-state index is -4.79. The van der Waals surface area contributed by atoms with Crippen LogP contribution in [0.2, 0.25) is 0 Å². The Morgan fingerprint density at radius 1 is 1.13 bits per heavy atom. The van der Waals surface area contributed by atoms with Crippen LogP contribution in [-0.4, -0.2) is 88.3 Å². The van der Waals surface area contributed by atoms with Gasteiger partial charge in [-0.05, 0) is 13.8 Å². The first-order valence-electron chi connectivity index (χ1n) is 9.42. The van der Waals surface area contributed by atoms with Crippen molar-refractivity contribution in [2.75, 3.05) is 30.5 Å². The van der Waals surface area contributed by atoms with Crippen molar-refractivity contribution in [1.29, 1.82) is 0 Å². The van der Waals surface area contributed by atoms with Crippen LogP contribution in [-0.2, 0) is 18.4 Å². The number of hydrogen-bond acceptors (Lipinski definition) is 10. The number of fused-ring (bicyclic) bond motifs is 1. The van der Waals surface area contributed by atoms with Crippen molar-refractivity contribution in [2.45, 2.75) is 38.4 Å². The maximum atomic E-state index is 11.8. The number of aliphatic hydroxyl groups is 2. The van der Waals surface area contributed by atoms with Gasteiger partial charge < -0.3 is 39.1 Å². The molecule has 0 aliphatic carbocycles. The van der Waals surface area contributed by atoms with Gasteiger partial charge in [-0.2, -0.15) is 0 Å². The van der Waals surface area contributed by atoms with Gasteiger partial charge in [0.05, 0.1) is 12.9 Å². The molecule has 2 aromatic rings. The molecular weight excluding hydrogens is 456 g/mol. The molecule has 0 saturated carbocycles. The summed E-state index contributed by atoms with van der Waals surface area (Å²) in [6.45, 7) is 4.63. The Balaban J connectivity index is 1.80. The number of aromatic nitrogens is 4. The van der Waals surface area contributed by atoms with Gasteiger partial charge in [0, 0.05) is 13.1 Å². The van der Waals surface area contributed by atoms with Gasteiger partial charge in [0.15, 0.2) is 29.1 Å². The average molecular weight is 481 g/mol. The highest BCUT2D eigenvalue weighted by atomic mass is 31.2. The van der Waals surface area contributed by atoms with Gasteiger partial charge in [-0.25, -0.2) is 15.0 Å². The van der Waals surface area contributed by atoms with Crippen LogP contribution in [0.1, 0.15) is 20.1 Å². The number of anilines is 1. The van der Waals surface area contributed by atoms with Crippen LogP contribution in [0.3, 0.4) is 0 Å². The molecule has 31 heavy (non-hydrogen) atoms. The molecule has 0 spiro atoms. The fourth-order valence-electron chi connectivity index (χ4n) is 3.34. The predicted molar refractivity (Wildman–Crippen MR) is 107 cm³/mol. The van der Waals surface area contributed by atoms with Crippen molar-refractivity contribution in [1.82, 2.24) is 19.5 Å². The summed E-state index contributed by atoms with van der Waals surface area (Å²) in [5.41, 5.74) is 0.821. The van der Waals surface area contributed by atoms with Crippen molar-refractivity contribution >= 4 is 32.2 Å². The normalized spacial score (nSPS) is 26.3. The van der Waals surface area contributed by atoms with Crippen molar-refractivity contribution in [2.24, 2.45) is 0 Å². The summed E-state index contributed by atoms with van der Waals surface area (Å²) in [4.78, 5) is 42.0. The fraction of sp³-hybridized carbons (Fsp3) is 0.667. The zero-order valence-electron chi connectivity index (χ0n) is 16.8. The lowest BCUT2D eigenvalue weighted by molar-refractivity contribution is -0.0483. The van der Waals surface area contributed by atoms with Crippen LogP contribution in [0.5, 0.6) is 0 Å². The molecule has 0 bridgehead atoms. The SMILES string of the molecule is CCN(CC)c1ncnc2c1ncn2[C@@H]1O[C@H](COP(=O)(O)CP(=O)(O)O)[C@@H](O)[C@H]1O. The summed E-state index contributed by atoms with van der Waals surface area (Å²) in [6.07, 6.45) is -2.59. The lowest BCUT2D eigenvalue weighted by Crippen LogP contribution is -2.33. The third kappa shape index (κ3) is 5.30. The van der Waals surface area contributed by atoms with Gasteiger partial charge in [0.2, 0.25) is 0 Å². The van der Waals surface area contributed by atoms with Gasteiger partial charge in [-0.3, -0.25) is 13.7 Å². The number of imidazole rings is 1. The maximum absolute atomic E-state index is 11.8. The lowest BCUT2D eigenvalue weighted by atomic mass is 10.1. The lowest BCUT2D eigenvalue weighted by Gasteiger charge is -2.20. The van der Waals surface area contributed by atoms with Gasteiger partial charge in [0.25, 0.3) is 0 Å². The minimum Gasteiger partial charge on any atom is -0.387 e. The smallest absolute Gasteiger partial charge is 0.340 e. The monoisotopic (exact) mass is 481 g/mol. The largest absolute Gasteiger partial charge is 0.387 e. The molecular formula is C15H25N5O9P2. The Labute approximate surface area is 177 Å². The highest BCUT2D eigenvalue weighted by Gasteiger charge is 2.45. The Morgan fingerprint density at radius 2 is 1.81 bits per heavy atom. The number of ether oxygens (including phenoxy) is 1. The molecule has 1 saturated heterocycles. The van der Waals surface area contributed by atoms with Crippen molar-refractivity contribution in [3.63, 3.8) is 0 Å². The molecule has 1 fully saturated rings. The highest BCUT2D eigenvalue weighted by molar-refractivity contribution is 7.70. The van der Waals surface area contributed by atoms with E-state index < -0.39 is 52.2 Å². The summed E-state index contributed by atoms with van der Waals surface area (Å²) >= 11 is 0. The van der Waals surface area contributed by atoms with Crippen LogP contribution in [0, 0.1) is 0 Å². The second-order valence-corrected chi connectivity index (χ2v) is 11.0. The molecule has 0 amide bonds. The summed E-state index contributed by atoms with van der Waals surface area (Å²) in [7, 11) is -9.43. The third-order valence-corrected chi connectivity index (χ3v) is 8.27. The van der Waals surface area contributed by atoms with E-state index in [0.717, 1.165) is 0 Å². The first-order valence-corrected chi connectivity index (χ1v) is 13.0. The Bertz CT molecular complexity index is 1010. The van der Waals surface area contributed by atoms with E-state index >= 15 is 0 Å². The van der Waals surface area contributed by atoms with Crippen LogP contribution in [0.15, 0.2) is 12.7 Å². The molecule has 1 unspecified atom stereocenters. The fourth-order valence-corrected chi connectivity index (χ4v) is 5.91. The van der Waals surface area contributed by atoms with Gasteiger partial charge in [-0.15, -0.1) is 0 Å². The second-order valence-electron chi connectivity index (χ2n) is 6.98. The molecule has 174 valence electrons. The zero-order valence-corrected chi connectivity index (χ0v) is 18.6. The number of hydrogen-bond donors (Lipinski definition) is 5. The standard InChI is InChI=1S/C15H25N5O9P2/c1-3-19(4-2)13-10-14(17-6-16-13)20(7-18-10)15-12(22)11(21)9(29-15)5-28-31(26,27)8-30(23,24)25/h6-7,9,11-12,15,21-22H,3-5,8H2,1-2H3,(H,26,27)(H2,23,24,25)/t9-,11-,12-,15-/m1/s1. The predicted octanol–water partition coefficient (Wildman–Crippen LogP) is -0.371. The Hall–Kier alpha value is -1.47. The van der Waals surface area contributed by atoms with E-state index in [1.165, 1.54) is 17.2 Å². The molecule has 16 heteroatoms. The average Bonchev–Trinajstić information content (AvgIpc) is 3.22. The zero-order chi connectivity index (χ0) is 23.0. The van der Waals surface area contributed by atoms with Crippen molar-refractivity contribution in [3.8, 4) is 0 Å². The van der Waals surface area contributed by atoms with Crippen molar-refractivity contribution < 1.29 is 43.3 Å². The molecule has 2 aromatic heterocycles. The van der Waals surface area contributed by atoms with Crippen LogP contribution >= 0.6 is 15.2 Å². The van der Waals surface area contributed by atoms with E-state index in [0.29, 0.717) is 30.1 Å².